The quantitative estimate of drug-likeness (QED) is 0.229. The van der Waals surface area contributed by atoms with Gasteiger partial charge in [-0.05, 0) is 79.8 Å². The molecule has 0 unspecified atom stereocenters. The lowest BCUT2D eigenvalue weighted by atomic mass is 10.0. The van der Waals surface area contributed by atoms with Crippen LogP contribution in [0.5, 0.6) is 5.75 Å². The zero-order valence-corrected chi connectivity index (χ0v) is 24.4. The van der Waals surface area contributed by atoms with E-state index in [0.717, 1.165) is 5.56 Å². The number of anilines is 1. The van der Waals surface area contributed by atoms with E-state index in [1.54, 1.807) is 55.5 Å². The Morgan fingerprint density at radius 3 is 2.69 bits per heavy atom. The van der Waals surface area contributed by atoms with Gasteiger partial charge in [0.1, 0.15) is 17.7 Å². The number of nitrogens with zero attached hydrogens (tertiary/aromatic N) is 4. The standard InChI is InChI=1S/C30H28ClFN4O5S/c1-19-6-3-8-23(14-19)42(39,40)36-17-22(7-5-13-35-18-26(30(37)38)33-34-35)41-28-12-11-21(16-27(28)36)15-20(2)29-24(31)9-4-10-25(29)32/h3-4,6,8-12,14-16,18,22H,5,7,13,17H2,1-2H3,(H,37,38)/b20-15+/t22-/m0/s1. The van der Waals surface area contributed by atoms with Crippen molar-refractivity contribution in [1.82, 2.24) is 15.0 Å². The lowest BCUT2D eigenvalue weighted by molar-refractivity contribution is 0.0690. The minimum absolute atomic E-state index is 0.0618. The number of hydrogen-bond donors (Lipinski definition) is 1. The fourth-order valence-electron chi connectivity index (χ4n) is 4.88. The molecule has 1 N–H and O–H groups in total. The molecule has 3 aromatic carbocycles. The highest BCUT2D eigenvalue weighted by atomic mass is 35.5. The van der Waals surface area contributed by atoms with Gasteiger partial charge in [0.15, 0.2) is 5.69 Å². The average molecular weight is 611 g/mol. The van der Waals surface area contributed by atoms with Crippen molar-refractivity contribution in [2.24, 2.45) is 0 Å². The minimum Gasteiger partial charge on any atom is -0.486 e. The van der Waals surface area contributed by atoms with E-state index in [-0.39, 0.29) is 27.7 Å². The molecule has 1 aliphatic heterocycles. The van der Waals surface area contributed by atoms with E-state index >= 15 is 0 Å². The second kappa shape index (κ2) is 11.9. The first-order valence-electron chi connectivity index (χ1n) is 13.2. The summed E-state index contributed by atoms with van der Waals surface area (Å²) in [6.07, 6.45) is 3.65. The fraction of sp³-hybridized carbons (Fsp3) is 0.233. The number of benzene rings is 3. The molecule has 0 spiro atoms. The lowest BCUT2D eigenvalue weighted by Gasteiger charge is -2.36. The van der Waals surface area contributed by atoms with E-state index < -0.39 is 27.9 Å². The maximum Gasteiger partial charge on any atom is 0.358 e. The van der Waals surface area contributed by atoms with Gasteiger partial charge in [-0.25, -0.2) is 17.6 Å². The molecule has 218 valence electrons. The second-order valence-electron chi connectivity index (χ2n) is 10.1. The molecule has 4 aromatic rings. The third-order valence-electron chi connectivity index (χ3n) is 6.90. The molecule has 0 amide bonds. The normalized spacial score (nSPS) is 15.3. The van der Waals surface area contributed by atoms with Crippen molar-refractivity contribution in [1.29, 1.82) is 0 Å². The van der Waals surface area contributed by atoms with Crippen LogP contribution in [-0.4, -0.2) is 47.1 Å². The first-order valence-corrected chi connectivity index (χ1v) is 15.0. The number of sulfonamides is 1. The van der Waals surface area contributed by atoms with Crippen LogP contribution in [0.15, 0.2) is 71.8 Å². The Hall–Kier alpha value is -4.22. The van der Waals surface area contributed by atoms with Crippen molar-refractivity contribution in [2.75, 3.05) is 10.8 Å². The monoisotopic (exact) mass is 610 g/mol. The number of rotatable bonds is 9. The number of aromatic carboxylic acids is 1. The largest absolute Gasteiger partial charge is 0.486 e. The molecule has 1 aliphatic rings. The molecule has 12 heteroatoms. The Morgan fingerprint density at radius 2 is 1.98 bits per heavy atom. The van der Waals surface area contributed by atoms with Gasteiger partial charge in [-0.1, -0.05) is 47.2 Å². The first-order chi connectivity index (χ1) is 20.0. The number of aryl methyl sites for hydroxylation is 2. The summed E-state index contributed by atoms with van der Waals surface area (Å²) in [5.74, 6) is -1.21. The minimum atomic E-state index is -3.97. The Kier molecular flexibility index (Phi) is 8.33. The summed E-state index contributed by atoms with van der Waals surface area (Å²) in [7, 11) is -3.97. The van der Waals surface area contributed by atoms with Gasteiger partial charge >= 0.3 is 5.97 Å². The molecular formula is C30H28ClFN4O5S. The van der Waals surface area contributed by atoms with Crippen LogP contribution in [-0.2, 0) is 16.6 Å². The number of aromatic nitrogens is 3. The van der Waals surface area contributed by atoms with E-state index in [2.05, 4.69) is 10.3 Å². The van der Waals surface area contributed by atoms with Crippen LogP contribution >= 0.6 is 11.6 Å². The zero-order valence-electron chi connectivity index (χ0n) is 22.9. The molecule has 5 rings (SSSR count). The molecule has 1 atom stereocenters. The predicted octanol–water partition coefficient (Wildman–Crippen LogP) is 6.07. The van der Waals surface area contributed by atoms with Crippen LogP contribution < -0.4 is 9.04 Å². The molecule has 0 saturated carbocycles. The maximum absolute atomic E-state index is 14.5. The highest BCUT2D eigenvalue weighted by Gasteiger charge is 2.34. The van der Waals surface area contributed by atoms with Crippen LogP contribution in [0, 0.1) is 12.7 Å². The van der Waals surface area contributed by atoms with E-state index in [9.17, 15) is 17.6 Å². The maximum atomic E-state index is 14.5. The number of halogens is 2. The van der Waals surface area contributed by atoms with Gasteiger partial charge in [0, 0.05) is 12.1 Å². The summed E-state index contributed by atoms with van der Waals surface area (Å²) in [4.78, 5) is 11.2. The van der Waals surface area contributed by atoms with Gasteiger partial charge in [0.05, 0.1) is 28.3 Å². The van der Waals surface area contributed by atoms with E-state index in [1.165, 1.54) is 27.3 Å². The van der Waals surface area contributed by atoms with Crippen LogP contribution in [0.2, 0.25) is 5.02 Å². The number of carboxylic acids is 1. The van der Waals surface area contributed by atoms with Crippen LogP contribution in [0.1, 0.15) is 46.9 Å². The fourth-order valence-corrected chi connectivity index (χ4v) is 6.80. The first kappa shape index (κ1) is 29.3. The highest BCUT2D eigenvalue weighted by Crippen LogP contribution is 2.39. The van der Waals surface area contributed by atoms with Crippen molar-refractivity contribution in [2.45, 2.75) is 44.2 Å². The van der Waals surface area contributed by atoms with Gasteiger partial charge in [0.2, 0.25) is 0 Å². The number of allylic oxidation sites excluding steroid dienone is 1. The zero-order chi connectivity index (χ0) is 30.0. The van der Waals surface area contributed by atoms with Gasteiger partial charge in [-0.2, -0.15) is 0 Å². The van der Waals surface area contributed by atoms with E-state index in [1.807, 2.05) is 13.0 Å². The molecule has 2 heterocycles. The van der Waals surface area contributed by atoms with Crippen molar-refractivity contribution in [3.05, 3.63) is 100 Å². The van der Waals surface area contributed by atoms with Gasteiger partial charge in [0.25, 0.3) is 10.0 Å². The van der Waals surface area contributed by atoms with Gasteiger partial charge < -0.3 is 9.84 Å². The average Bonchev–Trinajstić information content (AvgIpc) is 3.42. The number of ether oxygens (including phenoxy) is 1. The molecule has 1 aromatic heterocycles. The third-order valence-corrected chi connectivity index (χ3v) is 8.99. The lowest BCUT2D eigenvalue weighted by Crippen LogP contribution is -2.43. The number of fused-ring (bicyclic) bond motifs is 1. The summed E-state index contributed by atoms with van der Waals surface area (Å²) >= 11 is 6.26. The van der Waals surface area contributed by atoms with Crippen molar-refractivity contribution >= 4 is 44.9 Å². The Balaban J connectivity index is 1.46. The Bertz CT molecular complexity index is 1770. The third kappa shape index (κ3) is 6.17. The summed E-state index contributed by atoms with van der Waals surface area (Å²) in [5.41, 5.74) is 2.54. The topological polar surface area (TPSA) is 115 Å². The Morgan fingerprint density at radius 1 is 1.19 bits per heavy atom. The SMILES string of the molecule is C/C(=C\c1ccc2c(c1)N(S(=O)(=O)c1cccc(C)c1)C[C@H](CCCn1cc(C(=O)O)nn1)O2)c1c(F)cccc1Cl. The molecule has 0 aliphatic carbocycles. The summed E-state index contributed by atoms with van der Waals surface area (Å²) < 4.78 is 51.5. The van der Waals surface area contributed by atoms with Crippen LogP contribution in [0.3, 0.4) is 0 Å². The smallest absolute Gasteiger partial charge is 0.358 e. The number of carboxylic acid groups (broad SMARTS) is 1. The summed E-state index contributed by atoms with van der Waals surface area (Å²) in [6, 6.07) is 16.4. The Labute approximate surface area is 247 Å². The van der Waals surface area contributed by atoms with E-state index in [0.29, 0.717) is 42.0 Å². The molecule has 0 radical (unpaired) electrons. The summed E-state index contributed by atoms with van der Waals surface area (Å²) in [5, 5.41) is 16.8. The molecule has 9 nitrogen and oxygen atoms in total. The predicted molar refractivity (Wildman–Crippen MR) is 158 cm³/mol. The molecule has 0 fully saturated rings. The van der Waals surface area contributed by atoms with Gasteiger partial charge in [-0.15, -0.1) is 5.10 Å². The molecule has 0 bridgehead atoms. The van der Waals surface area contributed by atoms with Crippen molar-refractivity contribution in [3.63, 3.8) is 0 Å². The second-order valence-corrected chi connectivity index (χ2v) is 12.3. The van der Waals surface area contributed by atoms with Crippen LogP contribution in [0.4, 0.5) is 10.1 Å². The summed E-state index contributed by atoms with van der Waals surface area (Å²) in [6.45, 7) is 4.02. The molecular weight excluding hydrogens is 583 g/mol. The highest BCUT2D eigenvalue weighted by molar-refractivity contribution is 7.92. The number of carbonyl (C=O) groups is 1. The number of hydrogen-bond acceptors (Lipinski definition) is 6. The van der Waals surface area contributed by atoms with Crippen LogP contribution in [0.25, 0.3) is 11.6 Å². The van der Waals surface area contributed by atoms with Crippen molar-refractivity contribution in [3.8, 4) is 5.75 Å². The molecule has 42 heavy (non-hydrogen) atoms. The van der Waals surface area contributed by atoms with E-state index in [4.69, 9.17) is 21.4 Å². The molecule has 0 saturated heterocycles. The van der Waals surface area contributed by atoms with Gasteiger partial charge in [-0.3, -0.25) is 8.99 Å². The van der Waals surface area contributed by atoms with Crippen molar-refractivity contribution < 1.29 is 27.4 Å².